The molecule has 196 valence electrons. The second kappa shape index (κ2) is 10.4. The number of aliphatic hydroxyl groups excluding tert-OH is 1. The fraction of sp³-hybridized carbons (Fsp3) is 0.375. The molecule has 1 aromatic carbocycles. The van der Waals surface area contributed by atoms with Gasteiger partial charge in [-0.1, -0.05) is 18.2 Å². The molecule has 0 unspecified atom stereocenters. The van der Waals surface area contributed by atoms with Crippen molar-refractivity contribution in [2.75, 3.05) is 19.2 Å². The van der Waals surface area contributed by atoms with Gasteiger partial charge in [0.2, 0.25) is 5.78 Å². The summed E-state index contributed by atoms with van der Waals surface area (Å²) in [4.78, 5) is 23.3. The summed E-state index contributed by atoms with van der Waals surface area (Å²) in [5.41, 5.74) is 2.06. The van der Waals surface area contributed by atoms with Crippen LogP contribution in [0.15, 0.2) is 42.9 Å². The van der Waals surface area contributed by atoms with Gasteiger partial charge in [0, 0.05) is 29.7 Å². The van der Waals surface area contributed by atoms with Crippen molar-refractivity contribution in [3.63, 3.8) is 0 Å². The van der Waals surface area contributed by atoms with Gasteiger partial charge in [-0.2, -0.15) is 13.1 Å². The maximum absolute atomic E-state index is 13.6. The van der Waals surface area contributed by atoms with Gasteiger partial charge in [-0.3, -0.25) is 8.98 Å². The molecule has 3 aromatic rings. The number of ether oxygens (including phenoxy) is 2. The van der Waals surface area contributed by atoms with E-state index < -0.39 is 22.5 Å². The molecule has 0 bridgehead atoms. The van der Waals surface area contributed by atoms with Crippen LogP contribution in [0.3, 0.4) is 0 Å². The maximum atomic E-state index is 13.6. The number of aryl methyl sites for hydroxylation is 1. The summed E-state index contributed by atoms with van der Waals surface area (Å²) >= 11 is 1.36. The van der Waals surface area contributed by atoms with Crippen molar-refractivity contribution < 1.29 is 32.0 Å². The minimum atomic E-state index is -3.95. The van der Waals surface area contributed by atoms with Crippen molar-refractivity contribution in [1.82, 2.24) is 14.7 Å². The number of nitrogens with one attached hydrogen (secondary N) is 2. The number of benzene rings is 1. The van der Waals surface area contributed by atoms with Crippen LogP contribution < -0.4 is 14.8 Å². The molecule has 0 spiro atoms. The number of fused-ring (bicyclic) bond motifs is 1. The van der Waals surface area contributed by atoms with E-state index in [2.05, 4.69) is 20.0 Å². The summed E-state index contributed by atoms with van der Waals surface area (Å²) in [6, 6.07) is 9.12. The molecule has 3 heterocycles. The predicted octanol–water partition coefficient (Wildman–Crippen LogP) is 2.32. The van der Waals surface area contributed by atoms with Gasteiger partial charge in [0.15, 0.2) is 6.79 Å². The standard InChI is InChI=1S/C24H26N4O7S2/c1-13-16(23-15-5-3-4-6-19(15)33-12-34-23)9-21(36-13)22(30)17-10-26-11-27-24(17)28-14-7-18(29)20(8-14)35-37(31,32)25-2/h3-6,9-11,14,18,20,23,25,29H,7-8,12H2,1-2H3,(H,26,27,28)/t14-,18+,20-,23+/m1/s1. The molecule has 0 radical (unpaired) electrons. The van der Waals surface area contributed by atoms with Gasteiger partial charge in [0.05, 0.1) is 16.5 Å². The molecule has 0 amide bonds. The monoisotopic (exact) mass is 546 g/mol. The first kappa shape index (κ1) is 25.7. The van der Waals surface area contributed by atoms with Gasteiger partial charge < -0.3 is 19.9 Å². The average molecular weight is 547 g/mol. The molecule has 2 aromatic heterocycles. The van der Waals surface area contributed by atoms with Crippen molar-refractivity contribution in [3.05, 3.63) is 69.3 Å². The lowest BCUT2D eigenvalue weighted by molar-refractivity contribution is -0.0419. The maximum Gasteiger partial charge on any atom is 0.335 e. The molecule has 4 atom stereocenters. The molecule has 1 aliphatic heterocycles. The number of hydrogen-bond donors (Lipinski definition) is 3. The number of thiophene rings is 1. The molecular weight excluding hydrogens is 520 g/mol. The third kappa shape index (κ3) is 5.37. The zero-order valence-corrected chi connectivity index (χ0v) is 21.7. The van der Waals surface area contributed by atoms with Gasteiger partial charge in [-0.25, -0.2) is 9.97 Å². The van der Waals surface area contributed by atoms with E-state index in [1.54, 1.807) is 0 Å². The average Bonchev–Trinajstić information content (AvgIpc) is 3.44. The highest BCUT2D eigenvalue weighted by molar-refractivity contribution is 7.84. The number of nitrogens with zero attached hydrogens (tertiary/aromatic N) is 2. The van der Waals surface area contributed by atoms with Crippen LogP contribution in [0, 0.1) is 6.92 Å². The van der Waals surface area contributed by atoms with E-state index in [1.165, 1.54) is 30.9 Å². The fourth-order valence-corrected chi connectivity index (χ4v) is 6.19. The Balaban J connectivity index is 1.36. The van der Waals surface area contributed by atoms with E-state index in [4.69, 9.17) is 13.7 Å². The van der Waals surface area contributed by atoms with E-state index in [9.17, 15) is 18.3 Å². The van der Waals surface area contributed by atoms with E-state index in [-0.39, 0.29) is 43.1 Å². The Bertz CT molecular complexity index is 1410. The Hall–Kier alpha value is -2.94. The number of hydrogen-bond acceptors (Lipinski definition) is 11. The zero-order valence-electron chi connectivity index (χ0n) is 20.1. The third-order valence-electron chi connectivity index (χ3n) is 6.38. The first-order chi connectivity index (χ1) is 17.8. The van der Waals surface area contributed by atoms with E-state index >= 15 is 0 Å². The van der Waals surface area contributed by atoms with Gasteiger partial charge in [0.1, 0.15) is 30.1 Å². The smallest absolute Gasteiger partial charge is 0.335 e. The van der Waals surface area contributed by atoms with Crippen molar-refractivity contribution in [3.8, 4) is 5.75 Å². The molecule has 13 heteroatoms. The number of aromatic nitrogens is 2. The minimum Gasteiger partial charge on any atom is -0.467 e. The second-order valence-corrected chi connectivity index (χ2v) is 11.5. The Morgan fingerprint density at radius 3 is 2.86 bits per heavy atom. The molecule has 37 heavy (non-hydrogen) atoms. The zero-order chi connectivity index (χ0) is 26.2. The highest BCUT2D eigenvalue weighted by Gasteiger charge is 2.37. The molecule has 1 saturated carbocycles. The quantitative estimate of drug-likeness (QED) is 0.359. The van der Waals surface area contributed by atoms with Crippen LogP contribution in [0.2, 0.25) is 0 Å². The van der Waals surface area contributed by atoms with E-state index in [0.29, 0.717) is 10.7 Å². The second-order valence-electron chi connectivity index (χ2n) is 8.76. The number of aliphatic hydroxyl groups is 1. The van der Waals surface area contributed by atoms with Crippen LogP contribution >= 0.6 is 11.3 Å². The Labute approximate surface area is 218 Å². The predicted molar refractivity (Wildman–Crippen MR) is 135 cm³/mol. The van der Waals surface area contributed by atoms with Crippen LogP contribution in [-0.4, -0.2) is 61.4 Å². The summed E-state index contributed by atoms with van der Waals surface area (Å²) in [6.45, 7) is 2.06. The van der Waals surface area contributed by atoms with Crippen LogP contribution in [0.25, 0.3) is 0 Å². The lowest BCUT2D eigenvalue weighted by atomic mass is 9.99. The van der Waals surface area contributed by atoms with Gasteiger partial charge >= 0.3 is 10.3 Å². The summed E-state index contributed by atoms with van der Waals surface area (Å²) in [7, 11) is -2.72. The lowest BCUT2D eigenvalue weighted by Gasteiger charge is -2.26. The summed E-state index contributed by atoms with van der Waals surface area (Å²) in [5.74, 6) is 0.796. The first-order valence-electron chi connectivity index (χ1n) is 11.6. The van der Waals surface area contributed by atoms with Crippen LogP contribution in [0.5, 0.6) is 5.75 Å². The molecule has 1 aliphatic carbocycles. The van der Waals surface area contributed by atoms with Gasteiger partial charge in [-0.15, -0.1) is 11.3 Å². The fourth-order valence-electron chi connectivity index (χ4n) is 4.56. The Morgan fingerprint density at radius 1 is 1.24 bits per heavy atom. The van der Waals surface area contributed by atoms with Crippen molar-refractivity contribution in [1.29, 1.82) is 0 Å². The summed E-state index contributed by atoms with van der Waals surface area (Å²) in [6.07, 6.45) is 0.942. The molecule has 11 nitrogen and oxygen atoms in total. The van der Waals surface area contributed by atoms with Crippen LogP contribution in [0.4, 0.5) is 5.82 Å². The largest absolute Gasteiger partial charge is 0.467 e. The molecule has 5 rings (SSSR count). The number of ketones is 1. The highest BCUT2D eigenvalue weighted by Crippen LogP contribution is 2.40. The SMILES string of the molecule is CNS(=O)(=O)O[C@@H]1C[C@H](Nc2ncncc2C(=O)c2cc([C@H]3OCOc4ccccc43)c(C)s2)C[C@@H]1O. The minimum absolute atomic E-state index is 0.119. The highest BCUT2D eigenvalue weighted by atomic mass is 32.2. The van der Waals surface area contributed by atoms with Crippen LogP contribution in [-0.2, 0) is 19.2 Å². The van der Waals surface area contributed by atoms with Gasteiger partial charge in [0.25, 0.3) is 0 Å². The van der Waals surface area contributed by atoms with Crippen molar-refractivity contribution >= 4 is 33.2 Å². The number of carbonyl (C=O) groups excluding carboxylic acids is 1. The number of para-hydroxylation sites is 1. The van der Waals surface area contributed by atoms with Crippen LogP contribution in [0.1, 0.15) is 50.2 Å². The first-order valence-corrected chi connectivity index (χ1v) is 13.8. The number of anilines is 1. The van der Waals surface area contributed by atoms with E-state index in [1.807, 2.05) is 37.3 Å². The summed E-state index contributed by atoms with van der Waals surface area (Å²) < 4.78 is 42.1. The van der Waals surface area contributed by atoms with Gasteiger partial charge in [-0.05, 0) is 37.5 Å². The molecule has 3 N–H and O–H groups in total. The molecular formula is C24H26N4O7S2. The topological polar surface area (TPSA) is 149 Å². The Kier molecular flexibility index (Phi) is 7.25. The Morgan fingerprint density at radius 2 is 2.05 bits per heavy atom. The molecule has 1 fully saturated rings. The molecule has 2 aliphatic rings. The van der Waals surface area contributed by atoms with Crippen molar-refractivity contribution in [2.24, 2.45) is 0 Å². The number of rotatable bonds is 8. The van der Waals surface area contributed by atoms with Crippen molar-refractivity contribution in [2.45, 2.75) is 44.1 Å². The third-order valence-corrected chi connectivity index (χ3v) is 8.45. The molecule has 0 saturated heterocycles. The normalized spacial score (nSPS) is 23.3. The summed E-state index contributed by atoms with van der Waals surface area (Å²) in [5, 5.41) is 13.5. The van der Waals surface area contributed by atoms with E-state index in [0.717, 1.165) is 21.8 Å². The lowest BCUT2D eigenvalue weighted by Crippen LogP contribution is -2.31. The number of carbonyl (C=O) groups is 1.